The Hall–Kier alpha value is -2.26. The minimum absolute atomic E-state index is 0.0259. The zero-order chi connectivity index (χ0) is 25.3. The molecule has 3 saturated carbocycles. The number of ether oxygens (including phenoxy) is 2. The molecule has 0 N–H and O–H groups in total. The van der Waals surface area contributed by atoms with Gasteiger partial charge in [-0.15, -0.1) is 0 Å². The summed E-state index contributed by atoms with van der Waals surface area (Å²) < 4.78 is 30.3. The topological polar surface area (TPSA) is 76.9 Å². The minimum atomic E-state index is -1.26. The second kappa shape index (κ2) is 9.19. The van der Waals surface area contributed by atoms with Crippen molar-refractivity contribution in [1.82, 2.24) is 19.4 Å². The second-order valence-corrected chi connectivity index (χ2v) is 12.0. The number of nitrogens with zero attached hydrogens (tertiary/aromatic N) is 4. The van der Waals surface area contributed by atoms with Crippen LogP contribution in [0.2, 0.25) is 0 Å². The van der Waals surface area contributed by atoms with E-state index in [1.807, 2.05) is 23.9 Å². The molecule has 200 valence electrons. The molecular formula is C28H37FN4O4. The Balaban J connectivity index is 1.29. The Morgan fingerprint density at radius 1 is 1.08 bits per heavy atom. The van der Waals surface area contributed by atoms with Gasteiger partial charge in [0.05, 0.1) is 43.0 Å². The monoisotopic (exact) mass is 512 g/mol. The first-order valence-corrected chi connectivity index (χ1v) is 14.2. The number of carbonyl (C=O) groups is 2. The number of aryl methyl sites for hydroxylation is 1. The zero-order valence-electron chi connectivity index (χ0n) is 21.5. The molecule has 8 nitrogen and oxygen atoms in total. The molecule has 9 unspecified atom stereocenters. The molecule has 1 amide bonds. The van der Waals surface area contributed by atoms with Gasteiger partial charge < -0.3 is 23.8 Å². The number of alkyl halides is 1. The lowest BCUT2D eigenvalue weighted by atomic mass is 9.65. The van der Waals surface area contributed by atoms with Crippen LogP contribution in [0.25, 0.3) is 0 Å². The lowest BCUT2D eigenvalue weighted by molar-refractivity contribution is -0.214. The van der Waals surface area contributed by atoms with Gasteiger partial charge in [0.1, 0.15) is 18.1 Å². The number of aromatic nitrogens is 2. The van der Waals surface area contributed by atoms with Crippen molar-refractivity contribution in [2.75, 3.05) is 26.3 Å². The van der Waals surface area contributed by atoms with Gasteiger partial charge in [0, 0.05) is 37.6 Å². The van der Waals surface area contributed by atoms with Gasteiger partial charge in [0.15, 0.2) is 5.78 Å². The summed E-state index contributed by atoms with van der Waals surface area (Å²) in [5.41, 5.74) is 0.220. The third-order valence-electron chi connectivity index (χ3n) is 10.2. The molecule has 4 heterocycles. The van der Waals surface area contributed by atoms with Crippen LogP contribution in [0.3, 0.4) is 0 Å². The molecule has 6 aliphatic rings. The van der Waals surface area contributed by atoms with Crippen molar-refractivity contribution < 1.29 is 23.5 Å². The van der Waals surface area contributed by atoms with Crippen molar-refractivity contribution >= 4 is 11.7 Å². The molecule has 9 atom stereocenters. The van der Waals surface area contributed by atoms with E-state index >= 15 is 4.39 Å². The molecule has 0 bridgehead atoms. The van der Waals surface area contributed by atoms with Gasteiger partial charge in [-0.1, -0.05) is 25.7 Å². The molecule has 37 heavy (non-hydrogen) atoms. The number of hydrogen-bond acceptors (Lipinski definition) is 6. The van der Waals surface area contributed by atoms with Gasteiger partial charge in [0.2, 0.25) is 0 Å². The third-order valence-corrected chi connectivity index (χ3v) is 10.2. The highest BCUT2D eigenvalue weighted by molar-refractivity contribution is 6.20. The second-order valence-electron chi connectivity index (χ2n) is 12.0. The first kappa shape index (κ1) is 23.8. The maximum absolute atomic E-state index is 16.1. The van der Waals surface area contributed by atoms with Crippen molar-refractivity contribution in [3.8, 4) is 0 Å². The summed E-state index contributed by atoms with van der Waals surface area (Å²) in [5, 5.41) is 0. The van der Waals surface area contributed by atoms with E-state index in [1.54, 1.807) is 11.1 Å². The number of hydrogen-bond donors (Lipinski definition) is 0. The fourth-order valence-electron chi connectivity index (χ4n) is 8.39. The number of amides is 1. The van der Waals surface area contributed by atoms with Crippen LogP contribution >= 0.6 is 0 Å². The number of halogens is 1. The van der Waals surface area contributed by atoms with Crippen molar-refractivity contribution in [1.29, 1.82) is 0 Å². The number of rotatable bonds is 2. The molecule has 5 fully saturated rings. The van der Waals surface area contributed by atoms with E-state index in [0.29, 0.717) is 38.1 Å². The van der Waals surface area contributed by atoms with Gasteiger partial charge in [-0.25, -0.2) is 9.37 Å². The lowest BCUT2D eigenvalue weighted by Crippen LogP contribution is -2.70. The van der Waals surface area contributed by atoms with E-state index < -0.39 is 24.2 Å². The molecule has 0 spiro atoms. The Bertz CT molecular complexity index is 1100. The van der Waals surface area contributed by atoms with E-state index in [0.717, 1.165) is 18.7 Å². The van der Waals surface area contributed by atoms with Gasteiger partial charge in [0.25, 0.3) is 5.91 Å². The van der Waals surface area contributed by atoms with E-state index in [9.17, 15) is 9.59 Å². The van der Waals surface area contributed by atoms with Gasteiger partial charge in [-0.05, 0) is 38.0 Å². The highest BCUT2D eigenvalue weighted by atomic mass is 19.1. The Kier molecular flexibility index (Phi) is 5.92. The smallest absolute Gasteiger partial charge is 0.259 e. The van der Waals surface area contributed by atoms with Crippen LogP contribution < -0.4 is 0 Å². The summed E-state index contributed by atoms with van der Waals surface area (Å²) in [6.45, 7) is 3.80. The molecular weight excluding hydrogens is 475 g/mol. The molecule has 1 aromatic rings. The Labute approximate surface area is 217 Å². The summed E-state index contributed by atoms with van der Waals surface area (Å²) in [6.07, 6.45) is 10.7. The summed E-state index contributed by atoms with van der Waals surface area (Å²) in [7, 11) is 0. The van der Waals surface area contributed by atoms with Crippen LogP contribution in [0.15, 0.2) is 24.2 Å². The number of imidazole rings is 1. The maximum atomic E-state index is 16.1. The molecule has 3 aliphatic carbocycles. The van der Waals surface area contributed by atoms with E-state index in [4.69, 9.17) is 9.47 Å². The zero-order valence-corrected chi connectivity index (χ0v) is 21.5. The molecule has 7 rings (SSSR count). The van der Waals surface area contributed by atoms with Gasteiger partial charge >= 0.3 is 0 Å². The summed E-state index contributed by atoms with van der Waals surface area (Å²) in [6, 6.07) is -0.688. The fourth-order valence-corrected chi connectivity index (χ4v) is 8.39. The van der Waals surface area contributed by atoms with Crippen molar-refractivity contribution in [2.24, 2.45) is 17.8 Å². The lowest BCUT2D eigenvalue weighted by Gasteiger charge is -2.61. The number of morpholine rings is 2. The molecule has 2 saturated heterocycles. The van der Waals surface area contributed by atoms with Crippen molar-refractivity contribution in [2.45, 2.75) is 88.4 Å². The average Bonchev–Trinajstić information content (AvgIpc) is 3.34. The van der Waals surface area contributed by atoms with Crippen LogP contribution in [-0.2, 0) is 19.1 Å². The minimum Gasteiger partial charge on any atom is -0.378 e. The maximum Gasteiger partial charge on any atom is 0.259 e. The molecule has 0 radical (unpaired) electrons. The quantitative estimate of drug-likeness (QED) is 0.568. The van der Waals surface area contributed by atoms with Crippen molar-refractivity contribution in [3.63, 3.8) is 0 Å². The SMILES string of the molecule is Cc1nccn1C1C(F)CC2C(=O)C(C(=O)N3CCOCC3)=CN3C4CC5CCCCC5CC4OC1C23. The highest BCUT2D eigenvalue weighted by Gasteiger charge is 2.60. The molecule has 3 aliphatic heterocycles. The molecule has 0 aromatic carbocycles. The van der Waals surface area contributed by atoms with Gasteiger partial charge in [-0.2, -0.15) is 0 Å². The number of ketones is 1. The van der Waals surface area contributed by atoms with Crippen LogP contribution in [0.5, 0.6) is 0 Å². The third kappa shape index (κ3) is 3.79. The fraction of sp³-hybridized carbons (Fsp3) is 0.750. The average molecular weight is 513 g/mol. The Morgan fingerprint density at radius 3 is 2.57 bits per heavy atom. The first-order chi connectivity index (χ1) is 18.0. The Morgan fingerprint density at radius 2 is 1.84 bits per heavy atom. The number of fused-ring (bicyclic) bond motifs is 3. The first-order valence-electron chi connectivity index (χ1n) is 14.2. The molecule has 9 heteroatoms. The summed E-state index contributed by atoms with van der Waals surface area (Å²) >= 11 is 0. The predicted octanol–water partition coefficient (Wildman–Crippen LogP) is 2.82. The van der Waals surface area contributed by atoms with Gasteiger partial charge in [-0.3, -0.25) is 9.59 Å². The van der Waals surface area contributed by atoms with E-state index in [1.165, 1.54) is 25.7 Å². The number of carbonyl (C=O) groups excluding carboxylic acids is 2. The van der Waals surface area contributed by atoms with E-state index in [2.05, 4.69) is 9.88 Å². The molecule has 1 aromatic heterocycles. The van der Waals surface area contributed by atoms with Crippen molar-refractivity contribution in [3.05, 3.63) is 30.0 Å². The van der Waals surface area contributed by atoms with E-state index in [-0.39, 0.29) is 41.9 Å². The standard InChI is InChI=1S/C28H37FN4O4/c1-16-30-6-7-32(16)25-21(29)14-19-24-27(25)37-23-13-18-5-3-2-4-17(18)12-22(23)33(24)15-20(26(19)34)28(35)31-8-10-36-11-9-31/h6-7,15,17-19,21-25,27H,2-5,8-14H2,1H3. The predicted molar refractivity (Wildman–Crippen MR) is 132 cm³/mol. The highest BCUT2D eigenvalue weighted by Crippen LogP contribution is 2.52. The van der Waals surface area contributed by atoms with Crippen LogP contribution in [0, 0.1) is 24.7 Å². The summed E-state index contributed by atoms with van der Waals surface area (Å²) in [4.78, 5) is 35.8. The van der Waals surface area contributed by atoms with Crippen LogP contribution in [0.4, 0.5) is 4.39 Å². The summed E-state index contributed by atoms with van der Waals surface area (Å²) in [5.74, 6) is 1.00. The normalized spacial score (nSPS) is 41.4. The number of Topliss-reactive ketones (excluding diaryl/α,β-unsaturated/α-hetero) is 1. The van der Waals surface area contributed by atoms with Crippen LogP contribution in [0.1, 0.15) is 56.8 Å². The largest absolute Gasteiger partial charge is 0.378 e. The van der Waals surface area contributed by atoms with Crippen LogP contribution in [-0.4, -0.2) is 87.8 Å².